The average molecular weight is 419 g/mol. The topological polar surface area (TPSA) is 68.3 Å². The largest absolute Gasteiger partial charge is 0.472 e. The first-order valence-electron chi connectivity index (χ1n) is 9.55. The van der Waals surface area contributed by atoms with Gasteiger partial charge in [-0.15, -0.1) is 0 Å². The lowest BCUT2D eigenvalue weighted by atomic mass is 10.0. The Kier molecular flexibility index (Phi) is 7.40. The fraction of sp³-hybridized carbons (Fsp3) is 0.167. The first kappa shape index (κ1) is 21.3. The number of rotatable bonds is 8. The minimum atomic E-state index is -0.736. The Hall–Kier alpha value is -3.38. The molecule has 1 amide bonds. The van der Waals surface area contributed by atoms with E-state index >= 15 is 0 Å². The van der Waals surface area contributed by atoms with Gasteiger partial charge in [-0.1, -0.05) is 60.7 Å². The van der Waals surface area contributed by atoms with Gasteiger partial charge in [0.1, 0.15) is 12.1 Å². The van der Waals surface area contributed by atoms with Crippen molar-refractivity contribution in [2.45, 2.75) is 25.5 Å². The molecule has 0 unspecified atom stereocenters. The van der Waals surface area contributed by atoms with Crippen LogP contribution in [0.3, 0.4) is 0 Å². The van der Waals surface area contributed by atoms with Crippen LogP contribution in [-0.2, 0) is 9.53 Å². The Morgan fingerprint density at radius 2 is 1.57 bits per heavy atom. The summed E-state index contributed by atoms with van der Waals surface area (Å²) in [5.41, 5.74) is 2.30. The number of carbonyl (C=O) groups is 2. The van der Waals surface area contributed by atoms with Gasteiger partial charge in [0, 0.05) is 31.3 Å². The van der Waals surface area contributed by atoms with Gasteiger partial charge in [-0.3, -0.25) is 14.6 Å². The molecule has 0 aliphatic carbocycles. The molecule has 5 nitrogen and oxygen atoms in total. The molecule has 2 aromatic carbocycles. The second-order valence-electron chi connectivity index (χ2n) is 6.76. The van der Waals surface area contributed by atoms with Gasteiger partial charge in [-0.05, 0) is 35.5 Å². The van der Waals surface area contributed by atoms with Gasteiger partial charge in [-0.2, -0.15) is 0 Å². The van der Waals surface area contributed by atoms with Gasteiger partial charge in [0.25, 0.3) is 0 Å². The van der Waals surface area contributed by atoms with E-state index in [2.05, 4.69) is 10.3 Å². The predicted molar refractivity (Wildman–Crippen MR) is 119 cm³/mol. The Morgan fingerprint density at radius 1 is 0.967 bits per heavy atom. The summed E-state index contributed by atoms with van der Waals surface area (Å²) in [5, 5.41) is 2.90. The number of pyridine rings is 1. The molecule has 1 atom stereocenters. The predicted octanol–water partition coefficient (Wildman–Crippen LogP) is 4.29. The third-order valence-corrected chi connectivity index (χ3v) is 4.85. The standard InChI is InChI=1S/C24H22N2O3S/c1-17(27)26-21(15-22(28)20-13-8-14-25-16-20)24(30)29-23(18-9-4-2-5-10-18)19-11-6-3-7-12-19/h2-14,16,21,23H,15H2,1H3,(H,26,27)/t21-/m1/s1. The molecule has 0 saturated heterocycles. The van der Waals surface area contributed by atoms with Crippen molar-refractivity contribution >= 4 is 29.0 Å². The zero-order valence-corrected chi connectivity index (χ0v) is 17.3. The summed E-state index contributed by atoms with van der Waals surface area (Å²) in [6.07, 6.45) is 2.62. The number of ketones is 1. The second kappa shape index (κ2) is 10.4. The smallest absolute Gasteiger partial charge is 0.217 e. The van der Waals surface area contributed by atoms with Crippen LogP contribution in [0.4, 0.5) is 0 Å². The number of nitrogens with zero attached hydrogens (tertiary/aromatic N) is 1. The fourth-order valence-electron chi connectivity index (χ4n) is 3.05. The van der Waals surface area contributed by atoms with E-state index in [1.165, 1.54) is 13.1 Å². The van der Waals surface area contributed by atoms with Gasteiger partial charge in [0.15, 0.2) is 10.8 Å². The van der Waals surface area contributed by atoms with Gasteiger partial charge in [0.2, 0.25) is 5.91 Å². The number of hydrogen-bond donors (Lipinski definition) is 1. The van der Waals surface area contributed by atoms with Crippen molar-refractivity contribution in [3.8, 4) is 0 Å². The van der Waals surface area contributed by atoms with Crippen LogP contribution in [0.2, 0.25) is 0 Å². The van der Waals surface area contributed by atoms with Crippen molar-refractivity contribution in [1.29, 1.82) is 0 Å². The van der Waals surface area contributed by atoms with E-state index in [1.54, 1.807) is 18.3 Å². The minimum absolute atomic E-state index is 0.0135. The van der Waals surface area contributed by atoms with E-state index in [1.807, 2.05) is 60.7 Å². The summed E-state index contributed by atoms with van der Waals surface area (Å²) in [5.74, 6) is -0.468. The highest BCUT2D eigenvalue weighted by Gasteiger charge is 2.26. The lowest BCUT2D eigenvalue weighted by Crippen LogP contribution is -2.42. The van der Waals surface area contributed by atoms with E-state index in [4.69, 9.17) is 17.0 Å². The van der Waals surface area contributed by atoms with Gasteiger partial charge in [-0.25, -0.2) is 0 Å². The normalized spacial score (nSPS) is 11.5. The second-order valence-corrected chi connectivity index (χ2v) is 7.16. The number of benzene rings is 2. The molecule has 0 saturated carbocycles. The monoisotopic (exact) mass is 418 g/mol. The fourth-order valence-corrected chi connectivity index (χ4v) is 3.29. The highest BCUT2D eigenvalue weighted by atomic mass is 32.1. The summed E-state index contributed by atoms with van der Waals surface area (Å²) >= 11 is 5.53. The molecule has 152 valence electrons. The number of nitrogens with one attached hydrogen (secondary N) is 1. The SMILES string of the molecule is CC(=O)N[C@H](CC(=O)c1cccnc1)C(=S)OC(c1ccccc1)c1ccccc1. The summed E-state index contributed by atoms with van der Waals surface area (Å²) in [6, 6.07) is 22.0. The Labute approximate surface area is 181 Å². The van der Waals surface area contributed by atoms with E-state index in [0.717, 1.165) is 11.1 Å². The van der Waals surface area contributed by atoms with Gasteiger partial charge in [0.05, 0.1) is 0 Å². The van der Waals surface area contributed by atoms with Crippen LogP contribution in [0.5, 0.6) is 0 Å². The summed E-state index contributed by atoms with van der Waals surface area (Å²) < 4.78 is 6.17. The van der Waals surface area contributed by atoms with E-state index in [9.17, 15) is 9.59 Å². The third-order valence-electron chi connectivity index (χ3n) is 4.47. The van der Waals surface area contributed by atoms with Crippen LogP contribution in [0.1, 0.15) is 40.9 Å². The van der Waals surface area contributed by atoms with Crippen molar-refractivity contribution in [3.05, 3.63) is 102 Å². The van der Waals surface area contributed by atoms with Crippen LogP contribution in [0.15, 0.2) is 85.2 Å². The highest BCUT2D eigenvalue weighted by Crippen LogP contribution is 2.27. The molecule has 1 heterocycles. The summed E-state index contributed by atoms with van der Waals surface area (Å²) in [7, 11) is 0. The van der Waals surface area contributed by atoms with Crippen molar-refractivity contribution in [2.75, 3.05) is 0 Å². The maximum absolute atomic E-state index is 12.7. The molecule has 0 spiro atoms. The van der Waals surface area contributed by atoms with Gasteiger partial charge >= 0.3 is 0 Å². The molecule has 3 aromatic rings. The van der Waals surface area contributed by atoms with E-state index in [0.29, 0.717) is 5.56 Å². The number of aromatic nitrogens is 1. The maximum Gasteiger partial charge on any atom is 0.217 e. The number of ether oxygens (including phenoxy) is 1. The molecule has 0 aliphatic heterocycles. The Morgan fingerprint density at radius 3 is 2.07 bits per heavy atom. The number of carbonyl (C=O) groups excluding carboxylic acids is 2. The van der Waals surface area contributed by atoms with Crippen molar-refractivity contribution in [2.24, 2.45) is 0 Å². The average Bonchev–Trinajstić information content (AvgIpc) is 2.78. The number of thiocarbonyl (C=S) groups is 1. The molecule has 0 bridgehead atoms. The van der Waals surface area contributed by atoms with Gasteiger partial charge < -0.3 is 10.1 Å². The number of Topliss-reactive ketones (excluding diaryl/α,β-unsaturated/α-hetero) is 1. The van der Waals surface area contributed by atoms with Crippen LogP contribution in [0, 0.1) is 0 Å². The summed E-state index contributed by atoms with van der Waals surface area (Å²) in [4.78, 5) is 28.4. The lowest BCUT2D eigenvalue weighted by molar-refractivity contribution is -0.119. The summed E-state index contributed by atoms with van der Waals surface area (Å²) in [6.45, 7) is 1.38. The van der Waals surface area contributed by atoms with Crippen molar-refractivity contribution in [1.82, 2.24) is 10.3 Å². The molecule has 3 rings (SSSR count). The highest BCUT2D eigenvalue weighted by molar-refractivity contribution is 7.80. The van der Waals surface area contributed by atoms with Crippen molar-refractivity contribution in [3.63, 3.8) is 0 Å². The molecule has 0 fully saturated rings. The molecule has 0 radical (unpaired) electrons. The zero-order valence-electron chi connectivity index (χ0n) is 16.5. The first-order valence-corrected chi connectivity index (χ1v) is 9.96. The molecule has 1 aromatic heterocycles. The molecular formula is C24H22N2O3S. The first-order chi connectivity index (χ1) is 14.5. The van der Waals surface area contributed by atoms with Crippen LogP contribution < -0.4 is 5.32 Å². The van der Waals surface area contributed by atoms with Crippen LogP contribution in [-0.4, -0.2) is 27.8 Å². The third kappa shape index (κ3) is 5.81. The molecule has 0 aliphatic rings. The van der Waals surface area contributed by atoms with E-state index in [-0.39, 0.29) is 23.2 Å². The molecular weight excluding hydrogens is 396 g/mol. The number of hydrogen-bond acceptors (Lipinski definition) is 5. The molecule has 30 heavy (non-hydrogen) atoms. The van der Waals surface area contributed by atoms with Crippen LogP contribution in [0.25, 0.3) is 0 Å². The van der Waals surface area contributed by atoms with Crippen LogP contribution >= 0.6 is 12.2 Å². The molecule has 1 N–H and O–H groups in total. The Bertz CT molecular complexity index is 955. The maximum atomic E-state index is 12.7. The molecule has 6 heteroatoms. The number of amides is 1. The minimum Gasteiger partial charge on any atom is -0.472 e. The Balaban J connectivity index is 1.83. The lowest BCUT2D eigenvalue weighted by Gasteiger charge is -2.25. The van der Waals surface area contributed by atoms with Crippen molar-refractivity contribution < 1.29 is 14.3 Å². The zero-order chi connectivity index (χ0) is 21.3. The van der Waals surface area contributed by atoms with E-state index < -0.39 is 12.1 Å². The quantitative estimate of drug-likeness (QED) is 0.437.